The number of hydrogen-bond donors (Lipinski definition) is 0. The fourth-order valence-corrected chi connectivity index (χ4v) is 1.39. The second kappa shape index (κ2) is 6.69. The van der Waals surface area contributed by atoms with Gasteiger partial charge in [-0.2, -0.15) is 0 Å². The Kier molecular flexibility index (Phi) is 5.85. The summed E-state index contributed by atoms with van der Waals surface area (Å²) in [5.41, 5.74) is -4.07. The van der Waals surface area contributed by atoms with E-state index in [2.05, 4.69) is 0 Å². The van der Waals surface area contributed by atoms with Crippen LogP contribution in [-0.2, 0) is 22.4 Å². The van der Waals surface area contributed by atoms with Gasteiger partial charge in [-0.1, -0.05) is 5.01 Å². The fraction of sp³-hybridized carbons (Fsp3) is 0.143. The van der Waals surface area contributed by atoms with Crippen LogP contribution in [0.4, 0.5) is 22.7 Å². The summed E-state index contributed by atoms with van der Waals surface area (Å²) in [5.74, 6) is 0. The van der Waals surface area contributed by atoms with Crippen molar-refractivity contribution in [3.63, 3.8) is 0 Å². The number of hydrogen-bond acceptors (Lipinski definition) is 8. The minimum atomic E-state index is -1.17. The number of nitro groups is 4. The van der Waals surface area contributed by atoms with Gasteiger partial charge in [0.25, 0.3) is 11.4 Å². The van der Waals surface area contributed by atoms with Crippen molar-refractivity contribution in [3.05, 3.63) is 52.6 Å². The zero-order valence-corrected chi connectivity index (χ0v) is 11.4. The van der Waals surface area contributed by atoms with Crippen molar-refractivity contribution in [1.29, 1.82) is 0 Å². The van der Waals surface area contributed by atoms with Gasteiger partial charge in [-0.3, -0.25) is 30.3 Å². The average Bonchev–Trinajstić information content (AvgIpc) is 2.35. The molecule has 1 aromatic carbocycles. The van der Waals surface area contributed by atoms with Crippen LogP contribution in [0.3, 0.4) is 0 Å². The summed E-state index contributed by atoms with van der Waals surface area (Å²) in [5, 5.41) is 41.7. The van der Waals surface area contributed by atoms with E-state index in [1.54, 1.807) is 0 Å². The van der Waals surface area contributed by atoms with Crippen molar-refractivity contribution >= 4 is 22.7 Å². The summed E-state index contributed by atoms with van der Waals surface area (Å²) in [6.45, 7) is 0. The van der Waals surface area contributed by atoms with Crippen LogP contribution in [-0.4, -0.2) is 26.8 Å². The maximum absolute atomic E-state index is 10.8. The number of nitrogens with zero attached hydrogens (tertiary/aromatic N) is 5. The molecule has 0 unspecified atom stereocenters. The predicted molar refractivity (Wildman–Crippen MR) is 61.8 cm³/mol. The van der Waals surface area contributed by atoms with Gasteiger partial charge in [0.05, 0.1) is 34.0 Å². The Hall–Kier alpha value is -2.64. The number of non-ortho nitro benzene ring substituents is 1. The van der Waals surface area contributed by atoms with Gasteiger partial charge < -0.3 is 0 Å². The van der Waals surface area contributed by atoms with Crippen LogP contribution in [0.15, 0.2) is 12.1 Å². The Labute approximate surface area is 130 Å². The number of benzene rings is 1. The van der Waals surface area contributed by atoms with Crippen LogP contribution in [0.1, 0.15) is 0 Å². The summed E-state index contributed by atoms with van der Waals surface area (Å²) in [4.78, 5) is 39.4. The predicted octanol–water partition coefficient (Wildman–Crippen LogP) is 1.04. The van der Waals surface area contributed by atoms with Gasteiger partial charge in [0.15, 0.2) is 5.03 Å². The van der Waals surface area contributed by atoms with Crippen molar-refractivity contribution in [2.75, 3.05) is 12.1 Å². The van der Waals surface area contributed by atoms with Crippen molar-refractivity contribution < 1.29 is 42.2 Å². The molecule has 0 N–H and O–H groups in total. The van der Waals surface area contributed by atoms with Crippen LogP contribution >= 0.6 is 0 Å². The quantitative estimate of drug-likeness (QED) is 0.400. The number of anilines is 1. The summed E-state index contributed by atoms with van der Waals surface area (Å²) < 4.78 is 0. The van der Waals surface area contributed by atoms with E-state index >= 15 is 0 Å². The number of hydrazine groups is 1. The molecule has 0 fully saturated rings. The van der Waals surface area contributed by atoms with Gasteiger partial charge in [-0.25, -0.2) is 10.1 Å². The molecule has 0 aromatic heterocycles. The third-order valence-corrected chi connectivity index (χ3v) is 2.23. The smallest absolute Gasteiger partial charge is 0.258 e. The molecule has 1 aromatic rings. The van der Waals surface area contributed by atoms with Gasteiger partial charge in [0, 0.05) is 22.4 Å². The molecule has 0 aliphatic carbocycles. The second-order valence-electron chi connectivity index (χ2n) is 3.37. The van der Waals surface area contributed by atoms with Crippen LogP contribution in [0.25, 0.3) is 0 Å². The fourth-order valence-electron chi connectivity index (χ4n) is 1.39. The number of nitro benzene ring substituents is 3. The first-order chi connectivity index (χ1) is 9.16. The molecule has 117 valence electrons. The molecule has 1 radical (unpaired) electrons. The van der Waals surface area contributed by atoms with Gasteiger partial charge in [-0.05, 0) is 0 Å². The van der Waals surface area contributed by atoms with Crippen LogP contribution in [0, 0.1) is 40.5 Å². The Bertz CT molecular complexity index is 598. The van der Waals surface area contributed by atoms with Crippen LogP contribution in [0.2, 0.25) is 0 Å². The van der Waals surface area contributed by atoms with Gasteiger partial charge in [-0.15, -0.1) is 0 Å². The molecule has 21 heavy (non-hydrogen) atoms. The maximum Gasteiger partial charge on any atom is 0.312 e. The standard InChI is InChI=1S/C7H5N5O8.Ag/c1-8(12(19)20)7-5(10(15)16)2-4(9(13)14)3-6(7)11(17)18;/h2-3H,1H3;. The van der Waals surface area contributed by atoms with Crippen molar-refractivity contribution in [3.8, 4) is 0 Å². The molecule has 0 saturated carbocycles. The zero-order valence-electron chi connectivity index (χ0n) is 9.96. The van der Waals surface area contributed by atoms with E-state index in [0.29, 0.717) is 12.1 Å². The largest absolute Gasteiger partial charge is 0.312 e. The first kappa shape index (κ1) is 18.4. The molecule has 0 spiro atoms. The van der Waals surface area contributed by atoms with E-state index in [4.69, 9.17) is 0 Å². The van der Waals surface area contributed by atoms with E-state index in [0.717, 1.165) is 7.05 Å². The Morgan fingerprint density at radius 1 is 0.857 bits per heavy atom. The molecule has 0 heterocycles. The van der Waals surface area contributed by atoms with Crippen molar-refractivity contribution in [2.24, 2.45) is 0 Å². The summed E-state index contributed by atoms with van der Waals surface area (Å²) in [7, 11) is 0.751. The molecule has 13 nitrogen and oxygen atoms in total. The van der Waals surface area contributed by atoms with E-state index in [-0.39, 0.29) is 27.4 Å². The van der Waals surface area contributed by atoms with Gasteiger partial charge >= 0.3 is 11.4 Å². The molecule has 14 heteroatoms. The van der Waals surface area contributed by atoms with Crippen molar-refractivity contribution in [2.45, 2.75) is 0 Å². The normalized spacial score (nSPS) is 9.38. The Balaban J connectivity index is 0.00000400. The molecule has 0 amide bonds. The zero-order chi connectivity index (χ0) is 15.6. The molecule has 0 aliphatic heterocycles. The van der Waals surface area contributed by atoms with E-state index in [1.807, 2.05) is 0 Å². The first-order valence-electron chi connectivity index (χ1n) is 4.66. The van der Waals surface area contributed by atoms with E-state index in [9.17, 15) is 40.5 Å². The molecular formula is C7H5AgN5O8. The Morgan fingerprint density at radius 2 is 1.24 bits per heavy atom. The third-order valence-electron chi connectivity index (χ3n) is 2.23. The van der Waals surface area contributed by atoms with E-state index < -0.39 is 42.6 Å². The van der Waals surface area contributed by atoms with Crippen LogP contribution in [0.5, 0.6) is 0 Å². The minimum Gasteiger partial charge on any atom is -0.258 e. The maximum atomic E-state index is 10.8. The molecule has 0 aliphatic rings. The second-order valence-corrected chi connectivity index (χ2v) is 3.37. The summed E-state index contributed by atoms with van der Waals surface area (Å²) in [6.07, 6.45) is 0. The molecular weight excluding hydrogens is 390 g/mol. The summed E-state index contributed by atoms with van der Waals surface area (Å²) >= 11 is 0. The first-order valence-corrected chi connectivity index (χ1v) is 4.66. The Morgan fingerprint density at radius 3 is 1.48 bits per heavy atom. The topological polar surface area (TPSA) is 176 Å². The minimum absolute atomic E-state index is 0. The molecule has 0 saturated heterocycles. The third kappa shape index (κ3) is 3.68. The van der Waals surface area contributed by atoms with Gasteiger partial charge in [0.1, 0.15) is 0 Å². The van der Waals surface area contributed by atoms with Crippen molar-refractivity contribution in [1.82, 2.24) is 0 Å². The summed E-state index contributed by atoms with van der Waals surface area (Å²) in [6, 6.07) is 0.838. The molecule has 0 bridgehead atoms. The monoisotopic (exact) mass is 394 g/mol. The van der Waals surface area contributed by atoms with Gasteiger partial charge in [0.2, 0.25) is 0 Å². The SMILES string of the molecule is CN(c1c([N+](=O)[O-])cc([N+](=O)[O-])cc1[N+](=O)[O-])[N+](=O)[O-].[Ag]. The molecule has 0 atom stereocenters. The average molecular weight is 395 g/mol. The van der Waals surface area contributed by atoms with E-state index in [1.165, 1.54) is 0 Å². The van der Waals surface area contributed by atoms with Crippen LogP contribution < -0.4 is 5.01 Å². The number of rotatable bonds is 5. The molecule has 1 rings (SSSR count).